The highest BCUT2D eigenvalue weighted by molar-refractivity contribution is 5.98. The monoisotopic (exact) mass is 530 g/mol. The van der Waals surface area contributed by atoms with Crippen LogP contribution in [0, 0.1) is 11.8 Å². The molecule has 2 aromatic heterocycles. The maximum absolute atomic E-state index is 12.9. The summed E-state index contributed by atoms with van der Waals surface area (Å²) in [6.45, 7) is 0.601. The lowest BCUT2D eigenvalue weighted by Crippen LogP contribution is -2.31. The maximum Gasteiger partial charge on any atom is 0.253 e. The van der Waals surface area contributed by atoms with Crippen LogP contribution >= 0.6 is 0 Å². The quantitative estimate of drug-likeness (QED) is 0.347. The third-order valence-electron chi connectivity index (χ3n) is 7.60. The highest BCUT2D eigenvalue weighted by Crippen LogP contribution is 2.29. The van der Waals surface area contributed by atoms with Crippen molar-refractivity contribution < 1.29 is 9.59 Å². The van der Waals surface area contributed by atoms with Crippen LogP contribution in [0.25, 0.3) is 11.4 Å². The SMILES string of the molecule is Cn1c(-c2nc(N)ncc2C#Cc2cccc(CC(=O)Nc3cccc4c3CCCC4)c2)cc2c1CCNC2=O. The van der Waals surface area contributed by atoms with E-state index in [4.69, 9.17) is 5.73 Å². The standard InChI is InChI=1S/C32H30N6O2/c1-38-27-14-15-34-31(40)25(27)18-28(38)30-23(19-35-32(33)37-30)13-12-20-6-4-7-21(16-20)17-29(39)36-26-11-5-9-22-8-2-3-10-24(22)26/h4-7,9,11,16,18-19H,2-3,8,10,14-15,17H2,1H3,(H,34,40)(H,36,39)(H2,33,35,37). The largest absolute Gasteiger partial charge is 0.368 e. The number of benzene rings is 2. The van der Waals surface area contributed by atoms with Gasteiger partial charge in [-0.15, -0.1) is 0 Å². The van der Waals surface area contributed by atoms with Gasteiger partial charge in [0.2, 0.25) is 11.9 Å². The molecule has 2 aliphatic rings. The molecular formula is C32H30N6O2. The molecule has 0 saturated carbocycles. The molecule has 0 fully saturated rings. The zero-order valence-electron chi connectivity index (χ0n) is 22.4. The van der Waals surface area contributed by atoms with Gasteiger partial charge in [0.1, 0.15) is 5.69 Å². The molecule has 1 aliphatic carbocycles. The Morgan fingerprint density at radius 3 is 2.83 bits per heavy atom. The smallest absolute Gasteiger partial charge is 0.253 e. The summed E-state index contributed by atoms with van der Waals surface area (Å²) in [7, 11) is 1.92. The van der Waals surface area contributed by atoms with E-state index in [1.54, 1.807) is 6.20 Å². The molecule has 0 bridgehead atoms. The average Bonchev–Trinajstić information content (AvgIpc) is 3.30. The number of nitrogens with zero attached hydrogens (tertiary/aromatic N) is 3. The molecule has 6 rings (SSSR count). The molecular weight excluding hydrogens is 500 g/mol. The topological polar surface area (TPSA) is 115 Å². The van der Waals surface area contributed by atoms with Crippen molar-refractivity contribution in [2.24, 2.45) is 7.05 Å². The van der Waals surface area contributed by atoms with Crippen LogP contribution in [-0.4, -0.2) is 32.9 Å². The van der Waals surface area contributed by atoms with Gasteiger partial charge < -0.3 is 20.9 Å². The minimum atomic E-state index is -0.0919. The number of nitrogens with one attached hydrogen (secondary N) is 2. The van der Waals surface area contributed by atoms with Gasteiger partial charge in [-0.3, -0.25) is 9.59 Å². The molecule has 200 valence electrons. The molecule has 0 unspecified atom stereocenters. The number of nitrogen functional groups attached to an aromatic ring is 1. The van der Waals surface area contributed by atoms with E-state index >= 15 is 0 Å². The first-order valence-electron chi connectivity index (χ1n) is 13.6. The zero-order valence-corrected chi connectivity index (χ0v) is 22.4. The maximum atomic E-state index is 12.9. The second-order valence-electron chi connectivity index (χ2n) is 10.3. The number of amides is 2. The summed E-state index contributed by atoms with van der Waals surface area (Å²) in [5.74, 6) is 6.38. The van der Waals surface area contributed by atoms with Gasteiger partial charge in [-0.25, -0.2) is 9.97 Å². The molecule has 8 heteroatoms. The van der Waals surface area contributed by atoms with E-state index in [9.17, 15) is 9.59 Å². The van der Waals surface area contributed by atoms with Crippen molar-refractivity contribution in [3.05, 3.63) is 93.8 Å². The molecule has 0 saturated heterocycles. The second kappa shape index (κ2) is 10.7. The van der Waals surface area contributed by atoms with Crippen LogP contribution in [0.5, 0.6) is 0 Å². The molecule has 1 aliphatic heterocycles. The highest BCUT2D eigenvalue weighted by atomic mass is 16.2. The summed E-state index contributed by atoms with van der Waals surface area (Å²) in [5.41, 5.74) is 14.6. The Labute approximate surface area is 233 Å². The van der Waals surface area contributed by atoms with E-state index in [-0.39, 0.29) is 24.2 Å². The van der Waals surface area contributed by atoms with E-state index in [1.807, 2.05) is 54.1 Å². The number of anilines is 2. The zero-order chi connectivity index (χ0) is 27.6. The van der Waals surface area contributed by atoms with Crippen molar-refractivity contribution in [1.82, 2.24) is 19.9 Å². The van der Waals surface area contributed by atoms with Gasteiger partial charge in [0.05, 0.1) is 23.2 Å². The van der Waals surface area contributed by atoms with Crippen LogP contribution in [0.4, 0.5) is 11.6 Å². The van der Waals surface area contributed by atoms with E-state index in [1.165, 1.54) is 17.5 Å². The lowest BCUT2D eigenvalue weighted by molar-refractivity contribution is -0.115. The molecule has 0 atom stereocenters. The lowest BCUT2D eigenvalue weighted by Gasteiger charge is -2.19. The van der Waals surface area contributed by atoms with Gasteiger partial charge in [0, 0.05) is 43.2 Å². The van der Waals surface area contributed by atoms with Crippen molar-refractivity contribution in [3.63, 3.8) is 0 Å². The van der Waals surface area contributed by atoms with Crippen LogP contribution in [-0.2, 0) is 37.5 Å². The minimum absolute atomic E-state index is 0.0463. The van der Waals surface area contributed by atoms with Crippen LogP contribution < -0.4 is 16.4 Å². The Morgan fingerprint density at radius 2 is 1.95 bits per heavy atom. The molecule has 2 amide bonds. The third kappa shape index (κ3) is 5.06. The van der Waals surface area contributed by atoms with Gasteiger partial charge in [0.25, 0.3) is 5.91 Å². The van der Waals surface area contributed by atoms with Crippen molar-refractivity contribution >= 4 is 23.5 Å². The number of carbonyl (C=O) groups is 2. The minimum Gasteiger partial charge on any atom is -0.368 e. The Hall–Kier alpha value is -4.90. The van der Waals surface area contributed by atoms with E-state index < -0.39 is 0 Å². The Balaban J connectivity index is 1.23. The number of aryl methyl sites for hydroxylation is 1. The van der Waals surface area contributed by atoms with Gasteiger partial charge >= 0.3 is 0 Å². The van der Waals surface area contributed by atoms with Gasteiger partial charge in [-0.05, 0) is 66.6 Å². The normalized spacial score (nSPS) is 13.9. The average molecular weight is 531 g/mol. The third-order valence-corrected chi connectivity index (χ3v) is 7.60. The summed E-state index contributed by atoms with van der Waals surface area (Å²) in [6, 6.07) is 15.7. The van der Waals surface area contributed by atoms with Crippen molar-refractivity contribution in [2.45, 2.75) is 38.5 Å². The number of hydrogen-bond acceptors (Lipinski definition) is 5. The number of rotatable bonds is 4. The lowest BCUT2D eigenvalue weighted by atomic mass is 9.90. The van der Waals surface area contributed by atoms with Crippen LogP contribution in [0.3, 0.4) is 0 Å². The van der Waals surface area contributed by atoms with Gasteiger partial charge in [0.15, 0.2) is 0 Å². The Bertz CT molecular complexity index is 1710. The first-order chi connectivity index (χ1) is 19.5. The van der Waals surface area contributed by atoms with Crippen LogP contribution in [0.15, 0.2) is 54.7 Å². The van der Waals surface area contributed by atoms with Crippen molar-refractivity contribution in [1.29, 1.82) is 0 Å². The van der Waals surface area contributed by atoms with Gasteiger partial charge in [-0.1, -0.05) is 36.1 Å². The summed E-state index contributed by atoms with van der Waals surface area (Å²) >= 11 is 0. The molecule has 0 radical (unpaired) electrons. The number of carbonyl (C=O) groups excluding carboxylic acids is 2. The molecule has 4 N–H and O–H groups in total. The molecule has 3 heterocycles. The summed E-state index contributed by atoms with van der Waals surface area (Å²) < 4.78 is 1.98. The van der Waals surface area contributed by atoms with E-state index in [0.29, 0.717) is 23.4 Å². The fourth-order valence-corrected chi connectivity index (χ4v) is 5.62. The van der Waals surface area contributed by atoms with Crippen LogP contribution in [0.2, 0.25) is 0 Å². The summed E-state index contributed by atoms with van der Waals surface area (Å²) in [6.07, 6.45) is 7.04. The first kappa shape index (κ1) is 25.4. The fourth-order valence-electron chi connectivity index (χ4n) is 5.62. The van der Waals surface area contributed by atoms with E-state index in [0.717, 1.165) is 53.9 Å². The van der Waals surface area contributed by atoms with Crippen molar-refractivity contribution in [3.8, 4) is 23.2 Å². The summed E-state index contributed by atoms with van der Waals surface area (Å²) in [5, 5.41) is 6.00. The molecule has 4 aromatic rings. The van der Waals surface area contributed by atoms with Gasteiger partial charge in [-0.2, -0.15) is 0 Å². The number of hydrogen-bond donors (Lipinski definition) is 3. The van der Waals surface area contributed by atoms with Crippen LogP contribution in [0.1, 0.15) is 56.7 Å². The number of aromatic nitrogens is 3. The summed E-state index contributed by atoms with van der Waals surface area (Å²) in [4.78, 5) is 33.9. The van der Waals surface area contributed by atoms with Crippen molar-refractivity contribution in [2.75, 3.05) is 17.6 Å². The Morgan fingerprint density at radius 1 is 1.10 bits per heavy atom. The fraction of sp³-hybridized carbons (Fsp3) is 0.250. The highest BCUT2D eigenvalue weighted by Gasteiger charge is 2.24. The predicted molar refractivity (Wildman–Crippen MR) is 155 cm³/mol. The molecule has 8 nitrogen and oxygen atoms in total. The molecule has 2 aromatic carbocycles. The van der Waals surface area contributed by atoms with E-state index in [2.05, 4.69) is 38.5 Å². The second-order valence-corrected chi connectivity index (χ2v) is 10.3. The molecule has 40 heavy (non-hydrogen) atoms. The number of nitrogens with two attached hydrogens (primary N) is 1. The predicted octanol–water partition coefficient (Wildman–Crippen LogP) is 3.81. The molecule has 0 spiro atoms. The Kier molecular flexibility index (Phi) is 6.79. The number of fused-ring (bicyclic) bond motifs is 2. The first-order valence-corrected chi connectivity index (χ1v) is 13.6.